The van der Waals surface area contributed by atoms with Gasteiger partial charge in [-0.1, -0.05) is 30.3 Å². The molecule has 1 N–H and O–H groups in total. The lowest BCUT2D eigenvalue weighted by Crippen LogP contribution is -2.44. The highest BCUT2D eigenvalue weighted by atomic mass is 16.5. The van der Waals surface area contributed by atoms with Crippen molar-refractivity contribution in [2.24, 2.45) is 0 Å². The van der Waals surface area contributed by atoms with E-state index in [9.17, 15) is 4.79 Å². The first-order valence-corrected chi connectivity index (χ1v) is 9.74. The molecule has 1 atom stereocenters. The Morgan fingerprint density at radius 2 is 1.68 bits per heavy atom. The third-order valence-corrected chi connectivity index (χ3v) is 4.59. The average Bonchev–Trinajstić information content (AvgIpc) is 2.74. The van der Waals surface area contributed by atoms with Crippen molar-refractivity contribution in [3.05, 3.63) is 60.2 Å². The summed E-state index contributed by atoms with van der Waals surface area (Å²) >= 11 is 0. The van der Waals surface area contributed by atoms with Gasteiger partial charge >= 0.3 is 0 Å². The minimum absolute atomic E-state index is 0.0274. The SMILES string of the molecule is CCOc1ccc(OCC(=O)N[C@@H](CN2CCOCC2)c2ccccc2)cc1. The fourth-order valence-electron chi connectivity index (χ4n) is 3.15. The summed E-state index contributed by atoms with van der Waals surface area (Å²) in [5.74, 6) is 1.29. The Morgan fingerprint density at radius 1 is 1.04 bits per heavy atom. The number of morpholine rings is 1. The van der Waals surface area contributed by atoms with Gasteiger partial charge in [0, 0.05) is 19.6 Å². The van der Waals surface area contributed by atoms with Gasteiger partial charge in [-0.3, -0.25) is 9.69 Å². The molecule has 1 heterocycles. The summed E-state index contributed by atoms with van der Waals surface area (Å²) < 4.78 is 16.5. The molecule has 0 aliphatic carbocycles. The Balaban J connectivity index is 1.55. The Kier molecular flexibility index (Phi) is 7.70. The van der Waals surface area contributed by atoms with Crippen molar-refractivity contribution in [2.75, 3.05) is 46.1 Å². The molecule has 1 fully saturated rings. The van der Waals surface area contributed by atoms with Crippen LogP contribution in [0.3, 0.4) is 0 Å². The summed E-state index contributed by atoms with van der Waals surface area (Å²) in [6.45, 7) is 6.50. The number of carbonyl (C=O) groups excluding carboxylic acids is 1. The molecule has 0 spiro atoms. The van der Waals surface area contributed by atoms with Crippen LogP contribution in [0.15, 0.2) is 54.6 Å². The number of carbonyl (C=O) groups is 1. The van der Waals surface area contributed by atoms with E-state index in [1.165, 1.54) is 0 Å². The van der Waals surface area contributed by atoms with Gasteiger partial charge in [0.2, 0.25) is 0 Å². The van der Waals surface area contributed by atoms with E-state index in [1.807, 2.05) is 49.4 Å². The van der Waals surface area contributed by atoms with Gasteiger partial charge in [-0.05, 0) is 36.8 Å². The maximum Gasteiger partial charge on any atom is 0.258 e. The lowest BCUT2D eigenvalue weighted by Gasteiger charge is -2.31. The van der Waals surface area contributed by atoms with Crippen LogP contribution in [0.25, 0.3) is 0 Å². The van der Waals surface area contributed by atoms with E-state index in [2.05, 4.69) is 10.2 Å². The largest absolute Gasteiger partial charge is 0.494 e. The molecule has 1 aliphatic heterocycles. The van der Waals surface area contributed by atoms with E-state index in [1.54, 1.807) is 12.1 Å². The molecule has 0 unspecified atom stereocenters. The molecule has 1 saturated heterocycles. The zero-order valence-electron chi connectivity index (χ0n) is 16.3. The normalized spacial score (nSPS) is 15.6. The van der Waals surface area contributed by atoms with Crippen LogP contribution in [0.5, 0.6) is 11.5 Å². The van der Waals surface area contributed by atoms with Crippen molar-refractivity contribution in [1.29, 1.82) is 0 Å². The minimum Gasteiger partial charge on any atom is -0.494 e. The second kappa shape index (κ2) is 10.7. The van der Waals surface area contributed by atoms with Gasteiger partial charge in [-0.2, -0.15) is 0 Å². The summed E-state index contributed by atoms with van der Waals surface area (Å²) in [5, 5.41) is 3.11. The monoisotopic (exact) mass is 384 g/mol. The Morgan fingerprint density at radius 3 is 2.32 bits per heavy atom. The maximum atomic E-state index is 12.5. The van der Waals surface area contributed by atoms with Gasteiger partial charge in [0.05, 0.1) is 25.9 Å². The first kappa shape index (κ1) is 20.2. The number of ether oxygens (including phenoxy) is 3. The first-order valence-electron chi connectivity index (χ1n) is 9.74. The maximum absolute atomic E-state index is 12.5. The Hall–Kier alpha value is -2.57. The molecule has 2 aromatic rings. The molecule has 28 heavy (non-hydrogen) atoms. The van der Waals surface area contributed by atoms with E-state index in [4.69, 9.17) is 14.2 Å². The molecule has 2 aromatic carbocycles. The Bertz CT molecular complexity index is 715. The number of nitrogens with zero attached hydrogens (tertiary/aromatic N) is 1. The van der Waals surface area contributed by atoms with Crippen LogP contribution in [0, 0.1) is 0 Å². The van der Waals surface area contributed by atoms with Gasteiger partial charge in [0.15, 0.2) is 6.61 Å². The molecule has 150 valence electrons. The van der Waals surface area contributed by atoms with E-state index >= 15 is 0 Å². The topological polar surface area (TPSA) is 60.0 Å². The molecule has 0 aromatic heterocycles. The predicted molar refractivity (Wildman–Crippen MR) is 108 cm³/mol. The molecule has 1 aliphatic rings. The quantitative estimate of drug-likeness (QED) is 0.720. The molecule has 0 bridgehead atoms. The fraction of sp³-hybridized carbons (Fsp3) is 0.409. The number of hydrogen-bond acceptors (Lipinski definition) is 5. The third-order valence-electron chi connectivity index (χ3n) is 4.59. The standard InChI is InChI=1S/C22H28N2O4/c1-2-27-19-8-10-20(11-9-19)28-17-22(25)23-21(18-6-4-3-5-7-18)16-24-12-14-26-15-13-24/h3-11,21H,2,12-17H2,1H3,(H,23,25)/t21-/m0/s1. The Labute approximate surface area is 166 Å². The van der Waals surface area contributed by atoms with E-state index in [0.717, 1.165) is 44.2 Å². The van der Waals surface area contributed by atoms with Gasteiger partial charge < -0.3 is 19.5 Å². The second-order valence-corrected chi connectivity index (χ2v) is 6.64. The van der Waals surface area contributed by atoms with Crippen molar-refractivity contribution in [3.63, 3.8) is 0 Å². The van der Waals surface area contributed by atoms with Crippen LogP contribution < -0.4 is 14.8 Å². The zero-order chi connectivity index (χ0) is 19.6. The summed E-state index contributed by atoms with van der Waals surface area (Å²) in [6.07, 6.45) is 0. The summed E-state index contributed by atoms with van der Waals surface area (Å²) in [6, 6.07) is 17.2. The summed E-state index contributed by atoms with van der Waals surface area (Å²) in [7, 11) is 0. The summed E-state index contributed by atoms with van der Waals surface area (Å²) in [5.41, 5.74) is 1.09. The van der Waals surface area contributed by atoms with Crippen molar-refractivity contribution in [2.45, 2.75) is 13.0 Å². The molecular weight excluding hydrogens is 356 g/mol. The highest BCUT2D eigenvalue weighted by Crippen LogP contribution is 2.18. The number of rotatable bonds is 9. The van der Waals surface area contributed by atoms with Crippen LogP contribution in [0.4, 0.5) is 0 Å². The smallest absolute Gasteiger partial charge is 0.258 e. The first-order chi connectivity index (χ1) is 13.7. The molecule has 3 rings (SSSR count). The lowest BCUT2D eigenvalue weighted by molar-refractivity contribution is -0.124. The molecule has 0 radical (unpaired) electrons. The molecular formula is C22H28N2O4. The number of benzene rings is 2. The summed E-state index contributed by atoms with van der Waals surface area (Å²) in [4.78, 5) is 14.8. The van der Waals surface area contributed by atoms with Crippen LogP contribution in [-0.4, -0.2) is 56.9 Å². The van der Waals surface area contributed by atoms with Crippen LogP contribution in [0.1, 0.15) is 18.5 Å². The van der Waals surface area contributed by atoms with E-state index in [-0.39, 0.29) is 18.6 Å². The van der Waals surface area contributed by atoms with Gasteiger partial charge in [-0.15, -0.1) is 0 Å². The average molecular weight is 384 g/mol. The molecule has 6 nitrogen and oxygen atoms in total. The highest BCUT2D eigenvalue weighted by Gasteiger charge is 2.20. The van der Waals surface area contributed by atoms with Crippen molar-refractivity contribution in [1.82, 2.24) is 10.2 Å². The second-order valence-electron chi connectivity index (χ2n) is 6.64. The predicted octanol–water partition coefficient (Wildman–Crippen LogP) is 2.65. The number of hydrogen-bond donors (Lipinski definition) is 1. The number of amides is 1. The number of nitrogens with one attached hydrogen (secondary N) is 1. The van der Waals surface area contributed by atoms with Crippen molar-refractivity contribution in [3.8, 4) is 11.5 Å². The minimum atomic E-state index is -0.143. The molecule has 0 saturated carbocycles. The van der Waals surface area contributed by atoms with Crippen LogP contribution in [0.2, 0.25) is 0 Å². The van der Waals surface area contributed by atoms with Gasteiger partial charge in [0.25, 0.3) is 5.91 Å². The highest BCUT2D eigenvalue weighted by molar-refractivity contribution is 5.78. The van der Waals surface area contributed by atoms with Crippen molar-refractivity contribution < 1.29 is 19.0 Å². The fourth-order valence-corrected chi connectivity index (χ4v) is 3.15. The van der Waals surface area contributed by atoms with E-state index < -0.39 is 0 Å². The molecule has 1 amide bonds. The van der Waals surface area contributed by atoms with Crippen LogP contribution >= 0.6 is 0 Å². The molecule has 6 heteroatoms. The lowest BCUT2D eigenvalue weighted by atomic mass is 10.1. The van der Waals surface area contributed by atoms with Crippen LogP contribution in [-0.2, 0) is 9.53 Å². The van der Waals surface area contributed by atoms with Crippen molar-refractivity contribution >= 4 is 5.91 Å². The third kappa shape index (κ3) is 6.25. The van der Waals surface area contributed by atoms with Gasteiger partial charge in [-0.25, -0.2) is 0 Å². The van der Waals surface area contributed by atoms with Gasteiger partial charge in [0.1, 0.15) is 11.5 Å². The van der Waals surface area contributed by atoms with E-state index in [0.29, 0.717) is 12.4 Å². The zero-order valence-corrected chi connectivity index (χ0v) is 16.3.